The van der Waals surface area contributed by atoms with Crippen molar-refractivity contribution in [3.8, 4) is 0 Å². The molecule has 0 fully saturated rings. The van der Waals surface area contributed by atoms with Crippen molar-refractivity contribution in [2.45, 2.75) is 6.18 Å². The summed E-state index contributed by atoms with van der Waals surface area (Å²) < 4.78 is 35.4. The first-order chi connectivity index (χ1) is 7.76. The highest BCUT2D eigenvalue weighted by atomic mass is 35.5. The number of urea groups is 1. The van der Waals surface area contributed by atoms with E-state index in [4.69, 9.17) is 23.2 Å². The van der Waals surface area contributed by atoms with Crippen molar-refractivity contribution in [2.75, 3.05) is 11.9 Å². The maximum absolute atomic E-state index is 11.8. The quantitative estimate of drug-likeness (QED) is 0.856. The van der Waals surface area contributed by atoms with E-state index in [1.807, 2.05) is 0 Å². The van der Waals surface area contributed by atoms with Crippen LogP contribution in [-0.2, 0) is 0 Å². The summed E-state index contributed by atoms with van der Waals surface area (Å²) in [5.41, 5.74) is 0.210. The first kappa shape index (κ1) is 13.9. The van der Waals surface area contributed by atoms with Gasteiger partial charge in [0.1, 0.15) is 6.54 Å². The van der Waals surface area contributed by atoms with Crippen LogP contribution in [0, 0.1) is 0 Å². The second-order valence-corrected chi connectivity index (χ2v) is 3.95. The maximum atomic E-state index is 11.8. The summed E-state index contributed by atoms with van der Waals surface area (Å²) in [5.74, 6) is 0. The van der Waals surface area contributed by atoms with Gasteiger partial charge in [0.25, 0.3) is 0 Å². The van der Waals surface area contributed by atoms with E-state index in [0.29, 0.717) is 0 Å². The topological polar surface area (TPSA) is 41.1 Å². The molecule has 2 N–H and O–H groups in total. The Hall–Kier alpha value is -1.14. The van der Waals surface area contributed by atoms with Gasteiger partial charge in [0.05, 0.1) is 0 Å². The summed E-state index contributed by atoms with van der Waals surface area (Å²) in [6, 6.07) is 3.17. The van der Waals surface area contributed by atoms with Crippen molar-refractivity contribution in [3.05, 3.63) is 28.2 Å². The molecule has 17 heavy (non-hydrogen) atoms. The summed E-state index contributed by atoms with van der Waals surface area (Å²) in [7, 11) is 0. The number of nitrogens with one attached hydrogen (secondary N) is 2. The molecule has 0 aliphatic carbocycles. The molecule has 0 aliphatic heterocycles. The number of amides is 2. The highest BCUT2D eigenvalue weighted by molar-refractivity contribution is 6.35. The van der Waals surface area contributed by atoms with Crippen molar-refractivity contribution in [3.63, 3.8) is 0 Å². The molecule has 0 radical (unpaired) electrons. The van der Waals surface area contributed by atoms with E-state index in [1.165, 1.54) is 18.2 Å². The van der Waals surface area contributed by atoms with Gasteiger partial charge in [0, 0.05) is 15.7 Å². The molecule has 0 spiro atoms. The molecule has 0 bridgehead atoms. The fraction of sp³-hybridized carbons (Fsp3) is 0.222. The SMILES string of the molecule is O=C(NCC(F)(F)F)Nc1cc(Cl)cc(Cl)c1. The number of carbonyl (C=O) groups is 1. The fourth-order valence-corrected chi connectivity index (χ4v) is 1.51. The average molecular weight is 287 g/mol. The summed E-state index contributed by atoms with van der Waals surface area (Å²) in [5, 5.41) is 4.36. The summed E-state index contributed by atoms with van der Waals surface area (Å²) in [6.45, 7) is -1.41. The third-order valence-corrected chi connectivity index (χ3v) is 2.01. The minimum Gasteiger partial charge on any atom is -0.329 e. The lowest BCUT2D eigenvalue weighted by molar-refractivity contribution is -0.122. The van der Waals surface area contributed by atoms with Crippen molar-refractivity contribution >= 4 is 34.9 Å². The molecule has 0 unspecified atom stereocenters. The van der Waals surface area contributed by atoms with Gasteiger partial charge in [0.2, 0.25) is 0 Å². The molecule has 0 saturated heterocycles. The van der Waals surface area contributed by atoms with Gasteiger partial charge >= 0.3 is 12.2 Å². The molecule has 2 amide bonds. The standard InChI is InChI=1S/C9H7Cl2F3N2O/c10-5-1-6(11)3-7(2-5)16-8(17)15-4-9(12,13)14/h1-3H,4H2,(H2,15,16,17). The fourth-order valence-electron chi connectivity index (χ4n) is 0.982. The number of rotatable bonds is 2. The number of anilines is 1. The van der Waals surface area contributed by atoms with E-state index >= 15 is 0 Å². The molecule has 0 saturated carbocycles. The highest BCUT2D eigenvalue weighted by Gasteiger charge is 2.27. The molecular formula is C9H7Cl2F3N2O. The second-order valence-electron chi connectivity index (χ2n) is 3.08. The van der Waals surface area contributed by atoms with Gasteiger partial charge in [-0.05, 0) is 18.2 Å². The molecule has 1 aromatic carbocycles. The van der Waals surface area contributed by atoms with Crippen LogP contribution < -0.4 is 10.6 Å². The lowest BCUT2D eigenvalue weighted by atomic mass is 10.3. The molecule has 1 rings (SSSR count). The van der Waals surface area contributed by atoms with E-state index in [-0.39, 0.29) is 15.7 Å². The number of halogens is 5. The Morgan fingerprint density at radius 1 is 1.18 bits per heavy atom. The molecule has 3 nitrogen and oxygen atoms in total. The minimum atomic E-state index is -4.46. The van der Waals surface area contributed by atoms with Crippen LogP contribution in [0.25, 0.3) is 0 Å². The van der Waals surface area contributed by atoms with Gasteiger partial charge in [-0.25, -0.2) is 4.79 Å². The Morgan fingerprint density at radius 3 is 2.18 bits per heavy atom. The van der Waals surface area contributed by atoms with Crippen LogP contribution in [0.4, 0.5) is 23.7 Å². The van der Waals surface area contributed by atoms with E-state index in [0.717, 1.165) is 0 Å². The zero-order chi connectivity index (χ0) is 13.1. The Kier molecular flexibility index (Phi) is 4.47. The number of alkyl halides is 3. The lowest BCUT2D eigenvalue weighted by Crippen LogP contribution is -2.36. The van der Waals surface area contributed by atoms with E-state index < -0.39 is 18.8 Å². The highest BCUT2D eigenvalue weighted by Crippen LogP contribution is 2.22. The number of hydrogen-bond acceptors (Lipinski definition) is 1. The van der Waals surface area contributed by atoms with Gasteiger partial charge < -0.3 is 10.6 Å². The van der Waals surface area contributed by atoms with Crippen molar-refractivity contribution in [1.82, 2.24) is 5.32 Å². The Labute approximate surface area is 105 Å². The maximum Gasteiger partial charge on any atom is 0.405 e. The van der Waals surface area contributed by atoms with Crippen LogP contribution in [-0.4, -0.2) is 18.8 Å². The van der Waals surface area contributed by atoms with Crippen LogP contribution in [0.15, 0.2) is 18.2 Å². The van der Waals surface area contributed by atoms with Crippen LogP contribution in [0.5, 0.6) is 0 Å². The van der Waals surface area contributed by atoms with Crippen LogP contribution in [0.3, 0.4) is 0 Å². The molecule has 0 heterocycles. The summed E-state index contributed by atoms with van der Waals surface area (Å²) in [4.78, 5) is 11.1. The van der Waals surface area contributed by atoms with Crippen molar-refractivity contribution < 1.29 is 18.0 Å². The first-order valence-corrected chi connectivity index (χ1v) is 5.09. The largest absolute Gasteiger partial charge is 0.405 e. The smallest absolute Gasteiger partial charge is 0.329 e. The third kappa shape index (κ3) is 5.65. The van der Waals surface area contributed by atoms with Crippen LogP contribution in [0.1, 0.15) is 0 Å². The second kappa shape index (κ2) is 5.46. The Bertz CT molecular complexity index is 403. The van der Waals surface area contributed by atoms with Gasteiger partial charge in [-0.15, -0.1) is 0 Å². The average Bonchev–Trinajstić information content (AvgIpc) is 2.11. The lowest BCUT2D eigenvalue weighted by Gasteiger charge is -2.10. The predicted molar refractivity (Wildman–Crippen MR) is 59.5 cm³/mol. The number of benzene rings is 1. The zero-order valence-electron chi connectivity index (χ0n) is 8.24. The Balaban J connectivity index is 2.56. The van der Waals surface area contributed by atoms with Gasteiger partial charge in [-0.3, -0.25) is 0 Å². The summed E-state index contributed by atoms with van der Waals surface area (Å²) >= 11 is 11.3. The van der Waals surface area contributed by atoms with Crippen LogP contribution >= 0.6 is 23.2 Å². The molecule has 1 aromatic rings. The number of hydrogen-bond donors (Lipinski definition) is 2. The van der Waals surface area contributed by atoms with E-state index in [9.17, 15) is 18.0 Å². The molecule has 8 heteroatoms. The van der Waals surface area contributed by atoms with Crippen LogP contribution in [0.2, 0.25) is 10.0 Å². The molecule has 0 aliphatic rings. The monoisotopic (exact) mass is 286 g/mol. The normalized spacial score (nSPS) is 11.1. The molecule has 0 atom stereocenters. The predicted octanol–water partition coefficient (Wildman–Crippen LogP) is 3.68. The van der Waals surface area contributed by atoms with Crippen molar-refractivity contribution in [2.24, 2.45) is 0 Å². The minimum absolute atomic E-state index is 0.210. The van der Waals surface area contributed by atoms with Crippen molar-refractivity contribution in [1.29, 1.82) is 0 Å². The van der Waals surface area contributed by atoms with Gasteiger partial charge in [0.15, 0.2) is 0 Å². The van der Waals surface area contributed by atoms with Gasteiger partial charge in [-0.2, -0.15) is 13.2 Å². The molecular weight excluding hydrogens is 280 g/mol. The Morgan fingerprint density at radius 2 is 1.71 bits per heavy atom. The van der Waals surface area contributed by atoms with Gasteiger partial charge in [-0.1, -0.05) is 23.2 Å². The zero-order valence-corrected chi connectivity index (χ0v) is 9.75. The van der Waals surface area contributed by atoms with E-state index in [2.05, 4.69) is 5.32 Å². The van der Waals surface area contributed by atoms with E-state index in [1.54, 1.807) is 5.32 Å². The summed E-state index contributed by atoms with van der Waals surface area (Å²) in [6.07, 6.45) is -4.46. The molecule has 94 valence electrons. The molecule has 0 aromatic heterocycles. The number of carbonyl (C=O) groups excluding carboxylic acids is 1. The first-order valence-electron chi connectivity index (χ1n) is 4.34. The third-order valence-electron chi connectivity index (χ3n) is 1.57.